The Kier molecular flexibility index (Phi) is 6.30. The summed E-state index contributed by atoms with van der Waals surface area (Å²) in [6.07, 6.45) is -1.44. The molecule has 36 heavy (non-hydrogen) atoms. The van der Waals surface area contributed by atoms with Crippen LogP contribution in [-0.4, -0.2) is 58.7 Å². The largest absolute Gasteiger partial charge is 0.497 e. The predicted molar refractivity (Wildman–Crippen MR) is 134 cm³/mol. The molecule has 0 aliphatic carbocycles. The molecule has 0 atom stereocenters. The number of methoxy groups -OCH3 is 1. The second-order valence-electron chi connectivity index (χ2n) is 8.89. The van der Waals surface area contributed by atoms with Crippen LogP contribution in [0.1, 0.15) is 33.6 Å². The summed E-state index contributed by atoms with van der Waals surface area (Å²) in [4.78, 5) is 22.0. The van der Waals surface area contributed by atoms with Gasteiger partial charge < -0.3 is 14.5 Å². The van der Waals surface area contributed by atoms with E-state index in [1.165, 1.54) is 29.1 Å². The molecule has 0 bridgehead atoms. The van der Waals surface area contributed by atoms with E-state index in [4.69, 9.17) is 4.74 Å². The molecule has 7 nitrogen and oxygen atoms in total. The number of ether oxygens (including phenoxy) is 1. The number of aromatic nitrogens is 3. The van der Waals surface area contributed by atoms with Crippen molar-refractivity contribution in [1.82, 2.24) is 19.5 Å². The van der Waals surface area contributed by atoms with Gasteiger partial charge in [-0.15, -0.1) is 0 Å². The SMILES string of the molecule is COc1ccc(-c2cc(C(F)F)n3ncc(C(=O)N4CCN(c5cccc(C)c5C)CC4)c3n2)cc1. The second kappa shape index (κ2) is 9.56. The summed E-state index contributed by atoms with van der Waals surface area (Å²) in [5.74, 6) is 0.388. The summed E-state index contributed by atoms with van der Waals surface area (Å²) < 4.78 is 34.1. The van der Waals surface area contributed by atoms with E-state index in [0.717, 1.165) is 4.52 Å². The van der Waals surface area contributed by atoms with Gasteiger partial charge in [0.1, 0.15) is 17.0 Å². The number of amides is 1. The molecule has 186 valence electrons. The van der Waals surface area contributed by atoms with Gasteiger partial charge in [0.2, 0.25) is 0 Å². The highest BCUT2D eigenvalue weighted by atomic mass is 19.3. The highest BCUT2D eigenvalue weighted by molar-refractivity contribution is 6.00. The Labute approximate surface area is 207 Å². The van der Waals surface area contributed by atoms with E-state index in [1.54, 1.807) is 36.3 Å². The van der Waals surface area contributed by atoms with Crippen molar-refractivity contribution in [2.75, 3.05) is 38.2 Å². The maximum Gasteiger partial charge on any atom is 0.280 e. The third-order valence-electron chi connectivity index (χ3n) is 6.82. The summed E-state index contributed by atoms with van der Waals surface area (Å²) >= 11 is 0. The lowest BCUT2D eigenvalue weighted by Crippen LogP contribution is -2.49. The number of hydrogen-bond donors (Lipinski definition) is 0. The van der Waals surface area contributed by atoms with Crippen LogP contribution >= 0.6 is 0 Å². The number of carbonyl (C=O) groups is 1. The first-order chi connectivity index (χ1) is 17.4. The number of carbonyl (C=O) groups excluding carboxylic acids is 1. The lowest BCUT2D eigenvalue weighted by molar-refractivity contribution is 0.0748. The van der Waals surface area contributed by atoms with Crippen molar-refractivity contribution in [2.24, 2.45) is 0 Å². The topological polar surface area (TPSA) is 63.0 Å². The average Bonchev–Trinajstić information content (AvgIpc) is 3.33. The molecule has 1 saturated heterocycles. The second-order valence-corrected chi connectivity index (χ2v) is 8.89. The molecule has 2 aromatic carbocycles. The van der Waals surface area contributed by atoms with E-state index < -0.39 is 6.43 Å². The standard InChI is InChI=1S/C27H27F2N5O2/c1-17-5-4-6-23(18(17)2)32-11-13-33(14-12-32)27(35)21-16-30-34-24(25(28)29)15-22(31-26(21)34)19-7-9-20(36-3)10-8-19/h4-10,15-16,25H,11-14H2,1-3H3. The van der Waals surface area contributed by atoms with E-state index in [0.29, 0.717) is 43.2 Å². The number of alkyl halides is 2. The Balaban J connectivity index is 1.44. The highest BCUT2D eigenvalue weighted by Crippen LogP contribution is 2.29. The minimum Gasteiger partial charge on any atom is -0.497 e. The van der Waals surface area contributed by atoms with Crippen LogP contribution in [0.25, 0.3) is 16.9 Å². The highest BCUT2D eigenvalue weighted by Gasteiger charge is 2.27. The van der Waals surface area contributed by atoms with Crippen LogP contribution in [0.3, 0.4) is 0 Å². The van der Waals surface area contributed by atoms with Crippen LogP contribution in [0.2, 0.25) is 0 Å². The Morgan fingerprint density at radius 1 is 1.03 bits per heavy atom. The summed E-state index contributed by atoms with van der Waals surface area (Å²) in [5.41, 5.74) is 4.64. The summed E-state index contributed by atoms with van der Waals surface area (Å²) in [5, 5.41) is 4.10. The van der Waals surface area contributed by atoms with Crippen molar-refractivity contribution in [2.45, 2.75) is 20.3 Å². The molecule has 1 aliphatic rings. The fourth-order valence-electron chi connectivity index (χ4n) is 4.60. The molecule has 1 fully saturated rings. The molecule has 1 aliphatic heterocycles. The zero-order chi connectivity index (χ0) is 25.4. The number of benzene rings is 2. The van der Waals surface area contributed by atoms with Crippen molar-refractivity contribution < 1.29 is 18.3 Å². The Morgan fingerprint density at radius 2 is 1.75 bits per heavy atom. The average molecular weight is 492 g/mol. The van der Waals surface area contributed by atoms with Crippen LogP contribution in [0.4, 0.5) is 14.5 Å². The van der Waals surface area contributed by atoms with Crippen molar-refractivity contribution in [3.8, 4) is 17.0 Å². The van der Waals surface area contributed by atoms with Crippen LogP contribution in [0, 0.1) is 13.8 Å². The molecule has 0 saturated carbocycles. The summed E-state index contributed by atoms with van der Waals surface area (Å²) in [6.45, 7) is 6.59. The minimum atomic E-state index is -2.78. The Hall–Kier alpha value is -4.01. The zero-order valence-electron chi connectivity index (χ0n) is 20.4. The molecule has 2 aromatic heterocycles. The van der Waals surface area contributed by atoms with Gasteiger partial charge in [0.25, 0.3) is 12.3 Å². The van der Waals surface area contributed by atoms with Gasteiger partial charge in [-0.1, -0.05) is 12.1 Å². The normalized spacial score (nSPS) is 14.1. The molecule has 4 aromatic rings. The molecule has 0 spiro atoms. The molecule has 0 N–H and O–H groups in total. The van der Waals surface area contributed by atoms with Gasteiger partial charge >= 0.3 is 0 Å². The quantitative estimate of drug-likeness (QED) is 0.397. The number of aryl methyl sites for hydroxylation is 1. The molecule has 0 radical (unpaired) electrons. The first-order valence-electron chi connectivity index (χ1n) is 11.8. The van der Waals surface area contributed by atoms with Gasteiger partial charge in [-0.3, -0.25) is 4.79 Å². The molecule has 5 rings (SSSR count). The van der Waals surface area contributed by atoms with Gasteiger partial charge in [0.15, 0.2) is 5.65 Å². The minimum absolute atomic E-state index is 0.126. The lowest BCUT2D eigenvalue weighted by Gasteiger charge is -2.37. The number of piperazine rings is 1. The van der Waals surface area contributed by atoms with Gasteiger partial charge in [-0.25, -0.2) is 18.3 Å². The summed E-state index contributed by atoms with van der Waals surface area (Å²) in [6, 6.07) is 14.5. The number of rotatable bonds is 5. The molecule has 0 unspecified atom stereocenters. The monoisotopic (exact) mass is 491 g/mol. The number of hydrogen-bond acceptors (Lipinski definition) is 5. The number of halogens is 2. The van der Waals surface area contributed by atoms with Gasteiger partial charge in [0, 0.05) is 37.4 Å². The molecular weight excluding hydrogens is 464 g/mol. The van der Waals surface area contributed by atoms with Crippen molar-refractivity contribution >= 4 is 17.2 Å². The maximum atomic E-state index is 13.9. The smallest absolute Gasteiger partial charge is 0.280 e. The number of nitrogens with zero attached hydrogens (tertiary/aromatic N) is 5. The summed E-state index contributed by atoms with van der Waals surface area (Å²) in [7, 11) is 1.56. The predicted octanol–water partition coefficient (Wildman–Crippen LogP) is 4.92. The van der Waals surface area contributed by atoms with Crippen LogP contribution in [0.5, 0.6) is 5.75 Å². The van der Waals surface area contributed by atoms with Crippen molar-refractivity contribution in [1.29, 1.82) is 0 Å². The zero-order valence-corrected chi connectivity index (χ0v) is 20.4. The van der Waals surface area contributed by atoms with Crippen molar-refractivity contribution in [3.05, 3.63) is 77.1 Å². The molecular formula is C27H27F2N5O2. The van der Waals surface area contributed by atoms with E-state index in [1.807, 2.05) is 6.07 Å². The van der Waals surface area contributed by atoms with Crippen LogP contribution in [-0.2, 0) is 0 Å². The number of anilines is 1. The first kappa shape index (κ1) is 23.7. The van der Waals surface area contributed by atoms with Crippen LogP contribution in [0.15, 0.2) is 54.7 Å². The van der Waals surface area contributed by atoms with Gasteiger partial charge in [0.05, 0.1) is 19.0 Å². The Bertz CT molecular complexity index is 1410. The molecule has 9 heteroatoms. The van der Waals surface area contributed by atoms with Crippen LogP contribution < -0.4 is 9.64 Å². The third kappa shape index (κ3) is 4.25. The van der Waals surface area contributed by atoms with Gasteiger partial charge in [-0.2, -0.15) is 5.10 Å². The van der Waals surface area contributed by atoms with E-state index >= 15 is 0 Å². The van der Waals surface area contributed by atoms with E-state index in [9.17, 15) is 13.6 Å². The van der Waals surface area contributed by atoms with E-state index in [-0.39, 0.29) is 22.8 Å². The van der Waals surface area contributed by atoms with Gasteiger partial charge in [-0.05, 0) is 61.4 Å². The fourth-order valence-corrected chi connectivity index (χ4v) is 4.60. The van der Waals surface area contributed by atoms with E-state index in [2.05, 4.69) is 41.0 Å². The third-order valence-corrected chi connectivity index (χ3v) is 6.82. The maximum absolute atomic E-state index is 13.9. The lowest BCUT2D eigenvalue weighted by atomic mass is 10.1. The first-order valence-corrected chi connectivity index (χ1v) is 11.8. The number of fused-ring (bicyclic) bond motifs is 1. The fraction of sp³-hybridized carbons (Fsp3) is 0.296. The van der Waals surface area contributed by atoms with Crippen molar-refractivity contribution in [3.63, 3.8) is 0 Å². The Morgan fingerprint density at radius 3 is 2.42 bits per heavy atom. The molecule has 3 heterocycles. The molecule has 1 amide bonds.